The zero-order valence-electron chi connectivity index (χ0n) is 12.6. The van der Waals surface area contributed by atoms with Crippen LogP contribution in [-0.4, -0.2) is 6.61 Å². The summed E-state index contributed by atoms with van der Waals surface area (Å²) in [5.41, 5.74) is 4.04. The first-order chi connectivity index (χ1) is 9.83. The summed E-state index contributed by atoms with van der Waals surface area (Å²) < 4.78 is 5.69. The molecule has 0 unspecified atom stereocenters. The summed E-state index contributed by atoms with van der Waals surface area (Å²) in [5.74, 6) is 1.00. The van der Waals surface area contributed by atoms with Crippen molar-refractivity contribution in [3.63, 3.8) is 0 Å². The summed E-state index contributed by atoms with van der Waals surface area (Å²) in [6, 6.07) is 17.3. The van der Waals surface area contributed by atoms with Crippen LogP contribution in [0.4, 0.5) is 0 Å². The Morgan fingerprint density at radius 2 is 1.55 bits per heavy atom. The minimum atomic E-state index is 0.715. The first kappa shape index (κ1) is 14.6. The Balaban J connectivity index is 2.06. The van der Waals surface area contributed by atoms with Gasteiger partial charge in [-0.1, -0.05) is 55.8 Å². The number of rotatable bonds is 7. The van der Waals surface area contributed by atoms with E-state index in [1.807, 2.05) is 13.0 Å². The van der Waals surface area contributed by atoms with Crippen LogP contribution in [0.3, 0.4) is 0 Å². The molecule has 0 spiro atoms. The smallest absolute Gasteiger partial charge is 0.122 e. The third kappa shape index (κ3) is 4.12. The zero-order chi connectivity index (χ0) is 14.2. The van der Waals surface area contributed by atoms with E-state index in [2.05, 4.69) is 49.4 Å². The molecule has 0 atom stereocenters. The van der Waals surface area contributed by atoms with E-state index >= 15 is 0 Å². The van der Waals surface area contributed by atoms with E-state index in [4.69, 9.17) is 4.74 Å². The summed E-state index contributed by atoms with van der Waals surface area (Å²) in [5, 5.41) is 0. The van der Waals surface area contributed by atoms with Gasteiger partial charge in [0, 0.05) is 6.42 Å². The normalized spacial score (nSPS) is 10.5. The Labute approximate surface area is 122 Å². The van der Waals surface area contributed by atoms with E-state index in [0.717, 1.165) is 12.2 Å². The molecule has 2 aromatic carbocycles. The first-order valence-corrected chi connectivity index (χ1v) is 7.62. The van der Waals surface area contributed by atoms with Crippen LogP contribution in [-0.2, 0) is 12.8 Å². The van der Waals surface area contributed by atoms with Crippen LogP contribution in [0, 0.1) is 0 Å². The van der Waals surface area contributed by atoms with Crippen LogP contribution < -0.4 is 4.74 Å². The molecule has 0 saturated carbocycles. The highest BCUT2D eigenvalue weighted by atomic mass is 16.5. The monoisotopic (exact) mass is 268 g/mol. The summed E-state index contributed by atoms with van der Waals surface area (Å²) >= 11 is 0. The summed E-state index contributed by atoms with van der Waals surface area (Å²) in [4.78, 5) is 0. The van der Waals surface area contributed by atoms with Crippen LogP contribution in [0.25, 0.3) is 0 Å². The van der Waals surface area contributed by atoms with Crippen molar-refractivity contribution < 1.29 is 4.74 Å². The fourth-order valence-electron chi connectivity index (χ4n) is 2.37. The molecule has 0 heterocycles. The Bertz CT molecular complexity index is 514. The Morgan fingerprint density at radius 1 is 0.850 bits per heavy atom. The lowest BCUT2D eigenvalue weighted by Crippen LogP contribution is -1.97. The van der Waals surface area contributed by atoms with Crippen molar-refractivity contribution in [2.24, 2.45) is 0 Å². The third-order valence-electron chi connectivity index (χ3n) is 3.51. The number of aryl methyl sites for hydroxylation is 1. The maximum absolute atomic E-state index is 5.69. The van der Waals surface area contributed by atoms with Gasteiger partial charge >= 0.3 is 0 Å². The molecule has 0 N–H and O–H groups in total. The summed E-state index contributed by atoms with van der Waals surface area (Å²) in [7, 11) is 0. The van der Waals surface area contributed by atoms with Crippen molar-refractivity contribution in [1.82, 2.24) is 0 Å². The SMILES string of the molecule is CCCCc1ccc(Cc2ccccc2OCC)cc1. The van der Waals surface area contributed by atoms with Crippen molar-refractivity contribution in [2.45, 2.75) is 39.5 Å². The maximum atomic E-state index is 5.69. The van der Waals surface area contributed by atoms with Crippen LogP contribution in [0.1, 0.15) is 43.4 Å². The molecule has 0 fully saturated rings. The molecule has 20 heavy (non-hydrogen) atoms. The van der Waals surface area contributed by atoms with Gasteiger partial charge in [0.05, 0.1) is 6.61 Å². The van der Waals surface area contributed by atoms with Gasteiger partial charge in [-0.3, -0.25) is 0 Å². The van der Waals surface area contributed by atoms with Gasteiger partial charge in [-0.05, 0) is 42.5 Å². The molecule has 0 aliphatic heterocycles. The quantitative estimate of drug-likeness (QED) is 0.685. The van der Waals surface area contributed by atoms with Crippen molar-refractivity contribution in [3.05, 3.63) is 65.2 Å². The number of hydrogen-bond acceptors (Lipinski definition) is 1. The lowest BCUT2D eigenvalue weighted by molar-refractivity contribution is 0.337. The molecule has 0 aromatic heterocycles. The predicted octanol–water partition coefficient (Wildman–Crippen LogP) is 5.02. The van der Waals surface area contributed by atoms with Gasteiger partial charge in [-0.15, -0.1) is 0 Å². The fraction of sp³-hybridized carbons (Fsp3) is 0.368. The Morgan fingerprint density at radius 3 is 2.25 bits per heavy atom. The van der Waals surface area contributed by atoms with Crippen LogP contribution in [0.15, 0.2) is 48.5 Å². The molecule has 2 aromatic rings. The van der Waals surface area contributed by atoms with E-state index in [0.29, 0.717) is 6.61 Å². The lowest BCUT2D eigenvalue weighted by Gasteiger charge is -2.10. The molecule has 0 saturated heterocycles. The highest BCUT2D eigenvalue weighted by Crippen LogP contribution is 2.21. The van der Waals surface area contributed by atoms with Gasteiger partial charge in [0.2, 0.25) is 0 Å². The van der Waals surface area contributed by atoms with Crippen LogP contribution in [0.5, 0.6) is 5.75 Å². The van der Waals surface area contributed by atoms with E-state index in [9.17, 15) is 0 Å². The molecule has 1 nitrogen and oxygen atoms in total. The van der Waals surface area contributed by atoms with Gasteiger partial charge in [-0.25, -0.2) is 0 Å². The summed E-state index contributed by atoms with van der Waals surface area (Å²) in [6.07, 6.45) is 4.65. The number of ether oxygens (including phenoxy) is 1. The van der Waals surface area contributed by atoms with E-state index < -0.39 is 0 Å². The zero-order valence-corrected chi connectivity index (χ0v) is 12.6. The molecular weight excluding hydrogens is 244 g/mol. The van der Waals surface area contributed by atoms with Gasteiger partial charge < -0.3 is 4.74 Å². The maximum Gasteiger partial charge on any atom is 0.122 e. The van der Waals surface area contributed by atoms with Gasteiger partial charge in [-0.2, -0.15) is 0 Å². The minimum absolute atomic E-state index is 0.715. The molecule has 2 rings (SSSR count). The molecule has 0 radical (unpaired) electrons. The molecule has 0 bridgehead atoms. The van der Waals surface area contributed by atoms with Crippen molar-refractivity contribution in [2.75, 3.05) is 6.61 Å². The van der Waals surface area contributed by atoms with E-state index in [1.54, 1.807) is 0 Å². The summed E-state index contributed by atoms with van der Waals surface area (Å²) in [6.45, 7) is 4.98. The van der Waals surface area contributed by atoms with E-state index in [-0.39, 0.29) is 0 Å². The van der Waals surface area contributed by atoms with Gasteiger partial charge in [0.25, 0.3) is 0 Å². The number of hydrogen-bond donors (Lipinski definition) is 0. The highest BCUT2D eigenvalue weighted by molar-refractivity contribution is 5.38. The van der Waals surface area contributed by atoms with E-state index in [1.165, 1.54) is 36.0 Å². The molecule has 0 aliphatic carbocycles. The van der Waals surface area contributed by atoms with Gasteiger partial charge in [0.15, 0.2) is 0 Å². The van der Waals surface area contributed by atoms with Crippen LogP contribution in [0.2, 0.25) is 0 Å². The number of unbranched alkanes of at least 4 members (excludes halogenated alkanes) is 1. The average Bonchev–Trinajstić information content (AvgIpc) is 2.49. The van der Waals surface area contributed by atoms with Gasteiger partial charge in [0.1, 0.15) is 5.75 Å². The average molecular weight is 268 g/mol. The van der Waals surface area contributed by atoms with Crippen LogP contribution >= 0.6 is 0 Å². The lowest BCUT2D eigenvalue weighted by atomic mass is 10.0. The first-order valence-electron chi connectivity index (χ1n) is 7.62. The number of para-hydroxylation sites is 1. The topological polar surface area (TPSA) is 9.23 Å². The standard InChI is InChI=1S/C19H24O/c1-3-5-8-16-11-13-17(14-12-16)15-18-9-6-7-10-19(18)20-4-2/h6-7,9-14H,3-5,8,15H2,1-2H3. The Kier molecular flexibility index (Phi) is 5.67. The predicted molar refractivity (Wildman–Crippen MR) is 85.5 cm³/mol. The second-order valence-electron chi connectivity index (χ2n) is 5.14. The molecule has 0 aliphatic rings. The highest BCUT2D eigenvalue weighted by Gasteiger charge is 2.03. The molecule has 1 heteroatoms. The fourth-order valence-corrected chi connectivity index (χ4v) is 2.37. The largest absolute Gasteiger partial charge is 0.494 e. The van der Waals surface area contributed by atoms with Crippen molar-refractivity contribution in [3.8, 4) is 5.75 Å². The second-order valence-corrected chi connectivity index (χ2v) is 5.14. The third-order valence-corrected chi connectivity index (χ3v) is 3.51. The number of benzene rings is 2. The molecule has 106 valence electrons. The van der Waals surface area contributed by atoms with Crippen molar-refractivity contribution in [1.29, 1.82) is 0 Å². The minimum Gasteiger partial charge on any atom is -0.494 e. The van der Waals surface area contributed by atoms with Crippen molar-refractivity contribution >= 4 is 0 Å². The second kappa shape index (κ2) is 7.74. The molecule has 0 amide bonds. The Hall–Kier alpha value is -1.76. The molecular formula is C19H24O.